The van der Waals surface area contributed by atoms with Gasteiger partial charge in [0.05, 0.1) is 12.2 Å². The van der Waals surface area contributed by atoms with Crippen LogP contribution in [0.15, 0.2) is 36.7 Å². The van der Waals surface area contributed by atoms with Gasteiger partial charge < -0.3 is 5.32 Å². The second kappa shape index (κ2) is 6.33. The predicted octanol–water partition coefficient (Wildman–Crippen LogP) is 4.23. The number of pyridine rings is 1. The standard InChI is InChI=1S/C14H13Cl2FN2/c1-2-19-14(9-5-11(17)8-18-7-9)12-6-10(15)3-4-13(12)16/h3-8,14,19H,2H2,1H3. The first-order valence-corrected chi connectivity index (χ1v) is 6.66. The lowest BCUT2D eigenvalue weighted by molar-refractivity contribution is 0.596. The Morgan fingerprint density at radius 3 is 2.74 bits per heavy atom. The Balaban J connectivity index is 2.48. The molecule has 2 aromatic rings. The van der Waals surface area contributed by atoms with Crippen LogP contribution in [0.1, 0.15) is 24.1 Å². The van der Waals surface area contributed by atoms with E-state index >= 15 is 0 Å². The average molecular weight is 299 g/mol. The van der Waals surface area contributed by atoms with E-state index in [9.17, 15) is 4.39 Å². The first kappa shape index (κ1) is 14.3. The molecule has 1 N–H and O–H groups in total. The van der Waals surface area contributed by atoms with E-state index in [-0.39, 0.29) is 11.9 Å². The van der Waals surface area contributed by atoms with Gasteiger partial charge >= 0.3 is 0 Å². The van der Waals surface area contributed by atoms with Gasteiger partial charge in [-0.15, -0.1) is 0 Å². The van der Waals surface area contributed by atoms with Crippen LogP contribution < -0.4 is 5.32 Å². The number of hydrogen-bond donors (Lipinski definition) is 1. The van der Waals surface area contributed by atoms with Gasteiger partial charge in [-0.2, -0.15) is 0 Å². The Morgan fingerprint density at radius 2 is 2.05 bits per heavy atom. The largest absolute Gasteiger partial charge is 0.306 e. The molecule has 2 nitrogen and oxygen atoms in total. The Bertz CT molecular complexity index is 575. The highest BCUT2D eigenvalue weighted by Crippen LogP contribution is 2.30. The summed E-state index contributed by atoms with van der Waals surface area (Å²) < 4.78 is 13.3. The topological polar surface area (TPSA) is 24.9 Å². The molecule has 0 saturated carbocycles. The van der Waals surface area contributed by atoms with E-state index in [0.29, 0.717) is 22.2 Å². The molecule has 1 atom stereocenters. The number of halogens is 3. The third-order valence-corrected chi connectivity index (χ3v) is 3.32. The Kier molecular flexibility index (Phi) is 4.75. The van der Waals surface area contributed by atoms with E-state index in [4.69, 9.17) is 23.2 Å². The normalized spacial score (nSPS) is 12.4. The Morgan fingerprint density at radius 1 is 1.26 bits per heavy atom. The first-order chi connectivity index (χ1) is 9.11. The van der Waals surface area contributed by atoms with Gasteiger partial charge in [0.2, 0.25) is 0 Å². The molecule has 0 aliphatic heterocycles. The van der Waals surface area contributed by atoms with Crippen molar-refractivity contribution in [3.63, 3.8) is 0 Å². The van der Waals surface area contributed by atoms with E-state index in [1.165, 1.54) is 12.3 Å². The number of benzene rings is 1. The first-order valence-electron chi connectivity index (χ1n) is 5.90. The van der Waals surface area contributed by atoms with Gasteiger partial charge in [0.1, 0.15) is 5.82 Å². The monoisotopic (exact) mass is 298 g/mol. The van der Waals surface area contributed by atoms with Crippen LogP contribution in [0.4, 0.5) is 4.39 Å². The second-order valence-corrected chi connectivity index (χ2v) is 4.94. The minimum atomic E-state index is -0.376. The Labute approximate surface area is 121 Å². The molecule has 1 heterocycles. The van der Waals surface area contributed by atoms with Gasteiger partial charge in [-0.05, 0) is 41.9 Å². The fourth-order valence-electron chi connectivity index (χ4n) is 1.93. The lowest BCUT2D eigenvalue weighted by Crippen LogP contribution is -2.22. The number of nitrogens with zero attached hydrogens (tertiary/aromatic N) is 1. The minimum Gasteiger partial charge on any atom is -0.306 e. The van der Waals surface area contributed by atoms with Crippen LogP contribution in [0.25, 0.3) is 0 Å². The average Bonchev–Trinajstić information content (AvgIpc) is 2.39. The van der Waals surface area contributed by atoms with Crippen molar-refractivity contribution in [1.29, 1.82) is 0 Å². The molecule has 0 spiro atoms. The molecule has 2 rings (SSSR count). The third kappa shape index (κ3) is 3.44. The maximum atomic E-state index is 13.3. The zero-order chi connectivity index (χ0) is 13.8. The van der Waals surface area contributed by atoms with Crippen molar-refractivity contribution in [1.82, 2.24) is 10.3 Å². The summed E-state index contributed by atoms with van der Waals surface area (Å²) in [6, 6.07) is 6.44. The van der Waals surface area contributed by atoms with Crippen molar-refractivity contribution in [2.24, 2.45) is 0 Å². The molecule has 5 heteroatoms. The lowest BCUT2D eigenvalue weighted by atomic mass is 10.00. The lowest BCUT2D eigenvalue weighted by Gasteiger charge is -2.20. The van der Waals surface area contributed by atoms with Crippen molar-refractivity contribution >= 4 is 23.2 Å². The van der Waals surface area contributed by atoms with Gasteiger partial charge in [-0.25, -0.2) is 4.39 Å². The quantitative estimate of drug-likeness (QED) is 0.914. The summed E-state index contributed by atoms with van der Waals surface area (Å²) >= 11 is 12.2. The van der Waals surface area contributed by atoms with E-state index in [1.807, 2.05) is 6.92 Å². The molecule has 100 valence electrons. The summed E-state index contributed by atoms with van der Waals surface area (Å²) in [7, 11) is 0. The van der Waals surface area contributed by atoms with Crippen molar-refractivity contribution in [3.8, 4) is 0 Å². The van der Waals surface area contributed by atoms with Crippen LogP contribution in [0.2, 0.25) is 10.0 Å². The molecule has 0 aliphatic rings. The second-order valence-electron chi connectivity index (χ2n) is 4.09. The number of aromatic nitrogens is 1. The Hall–Kier alpha value is -1.16. The molecule has 0 bridgehead atoms. The molecule has 0 amide bonds. The minimum absolute atomic E-state index is 0.237. The highest BCUT2D eigenvalue weighted by Gasteiger charge is 2.17. The van der Waals surface area contributed by atoms with Gasteiger partial charge in [0.25, 0.3) is 0 Å². The van der Waals surface area contributed by atoms with Crippen LogP contribution in [-0.2, 0) is 0 Å². The zero-order valence-corrected chi connectivity index (χ0v) is 11.8. The van der Waals surface area contributed by atoms with Crippen LogP contribution in [0, 0.1) is 5.82 Å². The number of rotatable bonds is 4. The van der Waals surface area contributed by atoms with E-state index in [0.717, 1.165) is 5.56 Å². The summed E-state index contributed by atoms with van der Waals surface area (Å²) in [5.41, 5.74) is 1.52. The molecule has 0 aliphatic carbocycles. The van der Waals surface area contributed by atoms with Gasteiger partial charge in [0.15, 0.2) is 0 Å². The number of nitrogens with one attached hydrogen (secondary N) is 1. The highest BCUT2D eigenvalue weighted by molar-refractivity contribution is 6.33. The van der Waals surface area contributed by atoms with Crippen LogP contribution in [0.5, 0.6) is 0 Å². The molecule has 0 saturated heterocycles. The van der Waals surface area contributed by atoms with Crippen molar-refractivity contribution in [2.75, 3.05) is 6.54 Å². The SMILES string of the molecule is CCNC(c1cncc(F)c1)c1cc(Cl)ccc1Cl. The zero-order valence-electron chi connectivity index (χ0n) is 10.3. The molecule has 0 radical (unpaired) electrons. The van der Waals surface area contributed by atoms with Crippen LogP contribution >= 0.6 is 23.2 Å². The summed E-state index contributed by atoms with van der Waals surface area (Å²) in [6.07, 6.45) is 2.79. The van der Waals surface area contributed by atoms with Crippen molar-refractivity contribution in [3.05, 3.63) is 63.6 Å². The maximum Gasteiger partial charge on any atom is 0.141 e. The van der Waals surface area contributed by atoms with E-state index in [1.54, 1.807) is 24.4 Å². The van der Waals surface area contributed by atoms with E-state index < -0.39 is 0 Å². The highest BCUT2D eigenvalue weighted by atomic mass is 35.5. The fourth-order valence-corrected chi connectivity index (χ4v) is 2.34. The fraction of sp³-hybridized carbons (Fsp3) is 0.214. The van der Waals surface area contributed by atoms with Crippen molar-refractivity contribution in [2.45, 2.75) is 13.0 Å². The summed E-state index contributed by atoms with van der Waals surface area (Å²) in [6.45, 7) is 2.68. The molecule has 19 heavy (non-hydrogen) atoms. The van der Waals surface area contributed by atoms with Crippen molar-refractivity contribution < 1.29 is 4.39 Å². The molecule has 1 unspecified atom stereocenters. The molecular weight excluding hydrogens is 286 g/mol. The summed E-state index contributed by atoms with van der Waals surface area (Å²) in [5, 5.41) is 4.43. The van der Waals surface area contributed by atoms with Gasteiger partial charge in [0, 0.05) is 16.2 Å². The third-order valence-electron chi connectivity index (χ3n) is 2.74. The van der Waals surface area contributed by atoms with Gasteiger partial charge in [-0.1, -0.05) is 30.1 Å². The molecule has 1 aromatic carbocycles. The van der Waals surface area contributed by atoms with E-state index in [2.05, 4.69) is 10.3 Å². The van der Waals surface area contributed by atoms with Crippen LogP contribution in [0.3, 0.4) is 0 Å². The maximum absolute atomic E-state index is 13.3. The molecule has 0 fully saturated rings. The predicted molar refractivity (Wildman–Crippen MR) is 76.2 cm³/mol. The number of hydrogen-bond acceptors (Lipinski definition) is 2. The summed E-state index contributed by atoms with van der Waals surface area (Å²) in [5.74, 6) is -0.376. The summed E-state index contributed by atoms with van der Waals surface area (Å²) in [4.78, 5) is 3.87. The van der Waals surface area contributed by atoms with Gasteiger partial charge in [-0.3, -0.25) is 4.98 Å². The van der Waals surface area contributed by atoms with Crippen LogP contribution in [-0.4, -0.2) is 11.5 Å². The molecule has 1 aromatic heterocycles. The smallest absolute Gasteiger partial charge is 0.141 e. The molecular formula is C14H13Cl2FN2.